The molecule has 0 unspecified atom stereocenters. The maximum Gasteiger partial charge on any atom is 0.303 e. The molecule has 0 aromatic heterocycles. The summed E-state index contributed by atoms with van der Waals surface area (Å²) < 4.78 is 26.3. The number of amides is 1. The minimum absolute atomic E-state index is 0.0107. The van der Waals surface area contributed by atoms with Crippen molar-refractivity contribution >= 4 is 11.9 Å². The topological polar surface area (TPSA) is 60.9 Å². The smallest absolute Gasteiger partial charge is 0.303 e. The van der Waals surface area contributed by atoms with Crippen molar-refractivity contribution < 1.29 is 23.5 Å². The van der Waals surface area contributed by atoms with E-state index in [2.05, 4.69) is 4.90 Å². The molecule has 28 heavy (non-hydrogen) atoms. The Kier molecular flexibility index (Phi) is 6.36. The molecular weight excluding hydrogens is 366 g/mol. The highest BCUT2D eigenvalue weighted by atomic mass is 19.1. The molecule has 7 heteroatoms. The summed E-state index contributed by atoms with van der Waals surface area (Å²) in [7, 11) is 0. The molecule has 1 fully saturated rings. The molecule has 0 bridgehead atoms. The van der Waals surface area contributed by atoms with E-state index in [4.69, 9.17) is 5.11 Å². The quantitative estimate of drug-likeness (QED) is 0.825. The Morgan fingerprint density at radius 2 is 1.43 bits per heavy atom. The Morgan fingerprint density at radius 1 is 0.893 bits per heavy atom. The van der Waals surface area contributed by atoms with Crippen LogP contribution in [-0.2, 0) is 4.79 Å². The highest BCUT2D eigenvalue weighted by Crippen LogP contribution is 2.27. The third kappa shape index (κ3) is 4.92. The molecule has 1 atom stereocenters. The second-order valence-corrected chi connectivity index (χ2v) is 6.83. The fourth-order valence-electron chi connectivity index (χ4n) is 3.52. The molecule has 0 aliphatic carbocycles. The van der Waals surface area contributed by atoms with E-state index in [0.717, 1.165) is 5.56 Å². The summed E-state index contributed by atoms with van der Waals surface area (Å²) in [5.74, 6) is -1.75. The maximum absolute atomic E-state index is 13.3. The third-order valence-corrected chi connectivity index (χ3v) is 5.02. The van der Waals surface area contributed by atoms with Crippen LogP contribution in [-0.4, -0.2) is 53.0 Å². The Labute approximate surface area is 162 Å². The molecule has 5 nitrogen and oxygen atoms in total. The zero-order valence-corrected chi connectivity index (χ0v) is 15.4. The molecule has 1 heterocycles. The predicted octanol–water partition coefficient (Wildman–Crippen LogP) is 3.33. The monoisotopic (exact) mass is 388 g/mol. The van der Waals surface area contributed by atoms with Crippen LogP contribution in [0.5, 0.6) is 0 Å². The van der Waals surface area contributed by atoms with Gasteiger partial charge in [-0.05, 0) is 48.4 Å². The molecule has 0 radical (unpaired) electrons. The SMILES string of the molecule is O=C(O)CC[C@H](c1ccc(F)cc1)N1CCN(C(=O)c2ccc(F)cc2)CC1. The number of hydrogen-bond acceptors (Lipinski definition) is 3. The maximum atomic E-state index is 13.3. The van der Waals surface area contributed by atoms with Crippen LogP contribution in [0.1, 0.15) is 34.8 Å². The highest BCUT2D eigenvalue weighted by molar-refractivity contribution is 5.94. The normalized spacial score (nSPS) is 16.0. The van der Waals surface area contributed by atoms with Crippen molar-refractivity contribution in [2.75, 3.05) is 26.2 Å². The van der Waals surface area contributed by atoms with Gasteiger partial charge in [0.25, 0.3) is 5.91 Å². The van der Waals surface area contributed by atoms with Crippen LogP contribution >= 0.6 is 0 Å². The summed E-state index contributed by atoms with van der Waals surface area (Å²) >= 11 is 0. The number of aliphatic carboxylic acids is 1. The van der Waals surface area contributed by atoms with Gasteiger partial charge in [0.1, 0.15) is 11.6 Å². The van der Waals surface area contributed by atoms with Crippen molar-refractivity contribution in [1.29, 1.82) is 0 Å². The fourth-order valence-corrected chi connectivity index (χ4v) is 3.52. The second kappa shape index (κ2) is 8.93. The van der Waals surface area contributed by atoms with Crippen molar-refractivity contribution in [3.05, 3.63) is 71.3 Å². The van der Waals surface area contributed by atoms with E-state index in [1.165, 1.54) is 36.4 Å². The van der Waals surface area contributed by atoms with Gasteiger partial charge in [-0.15, -0.1) is 0 Å². The zero-order chi connectivity index (χ0) is 20.1. The molecule has 1 N–H and O–H groups in total. The lowest BCUT2D eigenvalue weighted by molar-refractivity contribution is -0.137. The van der Waals surface area contributed by atoms with E-state index in [1.54, 1.807) is 17.0 Å². The summed E-state index contributed by atoms with van der Waals surface area (Å²) in [6, 6.07) is 11.4. The molecule has 1 aliphatic rings. The Bertz CT molecular complexity index is 817. The van der Waals surface area contributed by atoms with Gasteiger partial charge in [-0.3, -0.25) is 14.5 Å². The van der Waals surface area contributed by atoms with E-state index in [9.17, 15) is 18.4 Å². The van der Waals surface area contributed by atoms with Crippen LogP contribution in [0, 0.1) is 11.6 Å². The summed E-state index contributed by atoms with van der Waals surface area (Å²) in [5, 5.41) is 9.05. The molecule has 1 amide bonds. The molecule has 1 aliphatic heterocycles. The van der Waals surface area contributed by atoms with Gasteiger partial charge >= 0.3 is 5.97 Å². The van der Waals surface area contributed by atoms with E-state index in [0.29, 0.717) is 38.2 Å². The van der Waals surface area contributed by atoms with Crippen molar-refractivity contribution in [2.45, 2.75) is 18.9 Å². The van der Waals surface area contributed by atoms with Crippen LogP contribution in [0.3, 0.4) is 0 Å². The number of carboxylic acid groups (broad SMARTS) is 1. The lowest BCUT2D eigenvalue weighted by Gasteiger charge is -2.39. The van der Waals surface area contributed by atoms with Gasteiger partial charge < -0.3 is 10.0 Å². The van der Waals surface area contributed by atoms with Crippen molar-refractivity contribution in [1.82, 2.24) is 9.80 Å². The number of carbonyl (C=O) groups excluding carboxylic acids is 1. The number of nitrogens with zero attached hydrogens (tertiary/aromatic N) is 2. The molecule has 2 aromatic rings. The first-order valence-corrected chi connectivity index (χ1v) is 9.20. The van der Waals surface area contributed by atoms with Crippen LogP contribution in [0.4, 0.5) is 8.78 Å². The number of benzene rings is 2. The first-order chi connectivity index (χ1) is 13.4. The first kappa shape index (κ1) is 19.9. The zero-order valence-electron chi connectivity index (χ0n) is 15.4. The predicted molar refractivity (Wildman–Crippen MR) is 99.9 cm³/mol. The van der Waals surface area contributed by atoms with Gasteiger partial charge in [-0.2, -0.15) is 0 Å². The minimum atomic E-state index is -0.878. The molecule has 0 spiro atoms. The summed E-state index contributed by atoms with van der Waals surface area (Å²) in [4.78, 5) is 27.5. The number of carboxylic acids is 1. The third-order valence-electron chi connectivity index (χ3n) is 5.02. The molecular formula is C21H22F2N2O3. The number of piperazine rings is 1. The van der Waals surface area contributed by atoms with Crippen molar-refractivity contribution in [3.63, 3.8) is 0 Å². The van der Waals surface area contributed by atoms with Gasteiger partial charge in [-0.25, -0.2) is 8.78 Å². The largest absolute Gasteiger partial charge is 0.481 e. The molecule has 3 rings (SSSR count). The van der Waals surface area contributed by atoms with E-state index in [1.807, 2.05) is 0 Å². The van der Waals surface area contributed by atoms with Crippen LogP contribution < -0.4 is 0 Å². The number of hydrogen-bond donors (Lipinski definition) is 1. The molecule has 1 saturated heterocycles. The second-order valence-electron chi connectivity index (χ2n) is 6.83. The van der Waals surface area contributed by atoms with Gasteiger partial charge in [0.05, 0.1) is 0 Å². The molecule has 148 valence electrons. The average Bonchev–Trinajstić information content (AvgIpc) is 2.70. The van der Waals surface area contributed by atoms with Gasteiger partial charge in [0, 0.05) is 44.2 Å². The lowest BCUT2D eigenvalue weighted by Crippen LogP contribution is -2.49. The summed E-state index contributed by atoms with van der Waals surface area (Å²) in [6.45, 7) is 2.13. The Morgan fingerprint density at radius 3 is 1.96 bits per heavy atom. The minimum Gasteiger partial charge on any atom is -0.481 e. The highest BCUT2D eigenvalue weighted by Gasteiger charge is 2.28. The summed E-state index contributed by atoms with van der Waals surface area (Å²) in [6.07, 6.45) is 0.420. The van der Waals surface area contributed by atoms with E-state index < -0.39 is 5.97 Å². The van der Waals surface area contributed by atoms with Gasteiger partial charge in [0.2, 0.25) is 0 Å². The fraction of sp³-hybridized carbons (Fsp3) is 0.333. The standard InChI is InChI=1S/C21H22F2N2O3/c22-17-5-1-15(2-6-17)19(9-10-20(26)27)24-11-13-25(14-12-24)21(28)16-3-7-18(23)8-4-16/h1-8,19H,9-14H2,(H,26,27)/t19-/m1/s1. The average molecular weight is 388 g/mol. The lowest BCUT2D eigenvalue weighted by atomic mass is 9.99. The van der Waals surface area contributed by atoms with Crippen molar-refractivity contribution in [3.8, 4) is 0 Å². The van der Waals surface area contributed by atoms with Crippen molar-refractivity contribution in [2.24, 2.45) is 0 Å². The Hall–Kier alpha value is -2.80. The van der Waals surface area contributed by atoms with Crippen LogP contribution in [0.15, 0.2) is 48.5 Å². The van der Waals surface area contributed by atoms with Crippen LogP contribution in [0.2, 0.25) is 0 Å². The van der Waals surface area contributed by atoms with Crippen LogP contribution in [0.25, 0.3) is 0 Å². The van der Waals surface area contributed by atoms with Gasteiger partial charge in [-0.1, -0.05) is 12.1 Å². The number of rotatable bonds is 6. The number of halogens is 2. The molecule has 2 aromatic carbocycles. The van der Waals surface area contributed by atoms with Gasteiger partial charge in [0.15, 0.2) is 0 Å². The summed E-state index contributed by atoms with van der Waals surface area (Å²) in [5.41, 5.74) is 1.30. The number of carbonyl (C=O) groups is 2. The Balaban J connectivity index is 1.67. The molecule has 0 saturated carbocycles. The van der Waals surface area contributed by atoms with E-state index >= 15 is 0 Å². The first-order valence-electron chi connectivity index (χ1n) is 9.20. The van der Waals surface area contributed by atoms with E-state index in [-0.39, 0.29) is 30.0 Å².